The van der Waals surface area contributed by atoms with Crippen molar-refractivity contribution < 1.29 is 0 Å². The maximum atomic E-state index is 4.49. The molecule has 0 bridgehead atoms. The first-order valence-corrected chi connectivity index (χ1v) is 6.42. The van der Waals surface area contributed by atoms with Crippen molar-refractivity contribution in [1.29, 1.82) is 0 Å². The molecule has 5 heteroatoms. The Labute approximate surface area is 117 Å². The molecule has 3 aromatic rings. The van der Waals surface area contributed by atoms with Gasteiger partial charge in [0.15, 0.2) is 5.82 Å². The van der Waals surface area contributed by atoms with Gasteiger partial charge in [-0.25, -0.2) is 9.67 Å². The largest absolute Gasteiger partial charge is 0.261 e. The Bertz CT molecular complexity index is 760. The molecule has 3 heterocycles. The Morgan fingerprint density at radius 3 is 2.65 bits per heavy atom. The molecule has 0 amide bonds. The molecule has 20 heavy (non-hydrogen) atoms. The van der Waals surface area contributed by atoms with E-state index in [-0.39, 0.29) is 0 Å². The van der Waals surface area contributed by atoms with Crippen molar-refractivity contribution in [2.45, 2.75) is 20.8 Å². The van der Waals surface area contributed by atoms with Gasteiger partial charge in [0.25, 0.3) is 0 Å². The van der Waals surface area contributed by atoms with E-state index >= 15 is 0 Å². The summed E-state index contributed by atoms with van der Waals surface area (Å²) in [5, 5.41) is 4.39. The minimum atomic E-state index is 0.762. The van der Waals surface area contributed by atoms with Crippen LogP contribution in [-0.4, -0.2) is 24.7 Å². The highest BCUT2D eigenvalue weighted by atomic mass is 15.3. The van der Waals surface area contributed by atoms with Crippen LogP contribution in [0.25, 0.3) is 16.9 Å². The van der Waals surface area contributed by atoms with E-state index in [0.717, 1.165) is 34.0 Å². The fourth-order valence-electron chi connectivity index (χ4n) is 2.11. The molecule has 0 N–H and O–H groups in total. The molecular weight excluding hydrogens is 250 g/mol. The highest BCUT2D eigenvalue weighted by molar-refractivity contribution is 5.64. The van der Waals surface area contributed by atoms with Crippen molar-refractivity contribution in [3.8, 4) is 16.9 Å². The summed E-state index contributed by atoms with van der Waals surface area (Å²) in [5.41, 5.74) is 4.82. The topological polar surface area (TPSA) is 56.5 Å². The van der Waals surface area contributed by atoms with Crippen LogP contribution in [0.3, 0.4) is 0 Å². The quantitative estimate of drug-likeness (QED) is 0.714. The third-order valence-corrected chi connectivity index (χ3v) is 3.17. The first kappa shape index (κ1) is 12.5. The molecule has 100 valence electrons. The van der Waals surface area contributed by atoms with Gasteiger partial charge in [0.2, 0.25) is 0 Å². The fraction of sp³-hybridized carbons (Fsp3) is 0.200. The zero-order valence-corrected chi connectivity index (χ0v) is 11.7. The molecule has 0 saturated carbocycles. The summed E-state index contributed by atoms with van der Waals surface area (Å²) in [5.74, 6) is 0.762. The molecular formula is C15H15N5. The highest BCUT2D eigenvalue weighted by Gasteiger charge is 2.09. The number of aryl methyl sites for hydroxylation is 3. The van der Waals surface area contributed by atoms with Gasteiger partial charge in [0.1, 0.15) is 0 Å². The van der Waals surface area contributed by atoms with Crippen LogP contribution in [0.1, 0.15) is 17.1 Å². The number of nitrogens with zero attached hydrogens (tertiary/aromatic N) is 5. The zero-order valence-electron chi connectivity index (χ0n) is 11.7. The van der Waals surface area contributed by atoms with E-state index in [9.17, 15) is 0 Å². The van der Waals surface area contributed by atoms with Crippen molar-refractivity contribution in [1.82, 2.24) is 24.7 Å². The zero-order chi connectivity index (χ0) is 14.1. The first-order valence-electron chi connectivity index (χ1n) is 6.42. The summed E-state index contributed by atoms with van der Waals surface area (Å²) in [6.07, 6.45) is 7.34. The van der Waals surface area contributed by atoms with E-state index in [0.29, 0.717) is 0 Å². The number of rotatable bonds is 2. The average Bonchev–Trinajstić information content (AvgIpc) is 2.91. The number of hydrogen-bond acceptors (Lipinski definition) is 4. The SMILES string of the molecule is Cc1cnc(C)c(-n2cc(-c3cccnc3C)cn2)n1. The second kappa shape index (κ2) is 4.85. The second-order valence-corrected chi connectivity index (χ2v) is 4.73. The summed E-state index contributed by atoms with van der Waals surface area (Å²) in [7, 11) is 0. The van der Waals surface area contributed by atoms with Gasteiger partial charge < -0.3 is 0 Å². The number of aromatic nitrogens is 5. The lowest BCUT2D eigenvalue weighted by atomic mass is 10.1. The van der Waals surface area contributed by atoms with Crippen molar-refractivity contribution >= 4 is 0 Å². The summed E-state index contributed by atoms with van der Waals surface area (Å²) in [6.45, 7) is 5.84. The van der Waals surface area contributed by atoms with E-state index in [2.05, 4.69) is 20.1 Å². The third kappa shape index (κ3) is 2.18. The van der Waals surface area contributed by atoms with Crippen LogP contribution in [0, 0.1) is 20.8 Å². The summed E-state index contributed by atoms with van der Waals surface area (Å²) in [4.78, 5) is 13.1. The van der Waals surface area contributed by atoms with E-state index < -0.39 is 0 Å². The van der Waals surface area contributed by atoms with Gasteiger partial charge in [-0.1, -0.05) is 6.07 Å². The predicted molar refractivity (Wildman–Crippen MR) is 76.6 cm³/mol. The number of pyridine rings is 1. The van der Waals surface area contributed by atoms with Crippen molar-refractivity contribution in [3.05, 3.63) is 54.0 Å². The molecule has 5 nitrogen and oxygen atoms in total. The van der Waals surface area contributed by atoms with Crippen molar-refractivity contribution in [2.75, 3.05) is 0 Å². The predicted octanol–water partition coefficient (Wildman–Crippen LogP) is 2.65. The molecule has 0 spiro atoms. The monoisotopic (exact) mass is 265 g/mol. The molecule has 3 rings (SSSR count). The van der Waals surface area contributed by atoms with Crippen LogP contribution in [0.4, 0.5) is 0 Å². The average molecular weight is 265 g/mol. The van der Waals surface area contributed by atoms with Gasteiger partial charge in [0.05, 0.1) is 17.6 Å². The maximum Gasteiger partial charge on any atom is 0.175 e. The molecule has 0 saturated heterocycles. The minimum absolute atomic E-state index is 0.762. The Kier molecular flexibility index (Phi) is 3.02. The molecule has 0 aliphatic rings. The van der Waals surface area contributed by atoms with Crippen LogP contribution in [0.5, 0.6) is 0 Å². The van der Waals surface area contributed by atoms with Crippen LogP contribution < -0.4 is 0 Å². The Morgan fingerprint density at radius 1 is 1.00 bits per heavy atom. The Balaban J connectivity index is 2.07. The van der Waals surface area contributed by atoms with Crippen LogP contribution in [0.15, 0.2) is 36.9 Å². The van der Waals surface area contributed by atoms with E-state index in [4.69, 9.17) is 0 Å². The van der Waals surface area contributed by atoms with Crippen molar-refractivity contribution in [3.63, 3.8) is 0 Å². The normalized spacial score (nSPS) is 10.8. The van der Waals surface area contributed by atoms with Gasteiger partial charge >= 0.3 is 0 Å². The van der Waals surface area contributed by atoms with E-state index in [1.54, 1.807) is 17.1 Å². The lowest BCUT2D eigenvalue weighted by molar-refractivity contribution is 0.816. The lowest BCUT2D eigenvalue weighted by Crippen LogP contribution is -2.03. The van der Waals surface area contributed by atoms with Crippen LogP contribution in [0.2, 0.25) is 0 Å². The van der Waals surface area contributed by atoms with E-state index in [1.807, 2.05) is 45.3 Å². The van der Waals surface area contributed by atoms with Gasteiger partial charge in [-0.3, -0.25) is 9.97 Å². The maximum absolute atomic E-state index is 4.49. The van der Waals surface area contributed by atoms with Gasteiger partial charge in [-0.15, -0.1) is 0 Å². The third-order valence-electron chi connectivity index (χ3n) is 3.17. The van der Waals surface area contributed by atoms with Gasteiger partial charge in [-0.05, 0) is 26.8 Å². The molecule has 0 atom stereocenters. The van der Waals surface area contributed by atoms with E-state index in [1.165, 1.54) is 0 Å². The molecule has 0 aliphatic heterocycles. The molecule has 0 unspecified atom stereocenters. The first-order chi connectivity index (χ1) is 9.65. The Morgan fingerprint density at radius 2 is 1.85 bits per heavy atom. The molecule has 3 aromatic heterocycles. The molecule has 0 aliphatic carbocycles. The standard InChI is InChI=1S/C15H15N5/c1-10-7-17-12(3)15(19-10)20-9-13(8-18-20)14-5-4-6-16-11(14)2/h4-9H,1-3H3. The minimum Gasteiger partial charge on any atom is -0.261 e. The summed E-state index contributed by atoms with van der Waals surface area (Å²) >= 11 is 0. The highest BCUT2D eigenvalue weighted by Crippen LogP contribution is 2.22. The molecule has 0 fully saturated rings. The smallest absolute Gasteiger partial charge is 0.175 e. The van der Waals surface area contributed by atoms with Crippen LogP contribution in [-0.2, 0) is 0 Å². The fourth-order valence-corrected chi connectivity index (χ4v) is 2.11. The Hall–Kier alpha value is -2.56. The lowest BCUT2D eigenvalue weighted by Gasteiger charge is -2.04. The van der Waals surface area contributed by atoms with Crippen LogP contribution >= 0.6 is 0 Å². The summed E-state index contributed by atoms with van der Waals surface area (Å²) in [6, 6.07) is 3.97. The molecule has 0 aromatic carbocycles. The number of hydrogen-bond donors (Lipinski definition) is 0. The van der Waals surface area contributed by atoms with Gasteiger partial charge in [-0.2, -0.15) is 5.10 Å². The summed E-state index contributed by atoms with van der Waals surface area (Å²) < 4.78 is 1.76. The van der Waals surface area contributed by atoms with Crippen molar-refractivity contribution in [2.24, 2.45) is 0 Å². The molecule has 0 radical (unpaired) electrons. The second-order valence-electron chi connectivity index (χ2n) is 4.73. The van der Waals surface area contributed by atoms with Gasteiger partial charge in [0, 0.05) is 35.4 Å².